The SMILES string of the molecule is Cc1nc2n(n1)CCCC2NCC(C)(C)C. The average Bonchev–Trinajstić information content (AvgIpc) is 2.54. The molecule has 0 radical (unpaired) electrons. The van der Waals surface area contributed by atoms with E-state index in [0.29, 0.717) is 11.5 Å². The zero-order valence-corrected chi connectivity index (χ0v) is 10.7. The Morgan fingerprint density at radius 2 is 2.19 bits per heavy atom. The van der Waals surface area contributed by atoms with Crippen molar-refractivity contribution in [3.05, 3.63) is 11.6 Å². The molecule has 1 N–H and O–H groups in total. The number of fused-ring (bicyclic) bond motifs is 1. The molecule has 1 aliphatic heterocycles. The van der Waals surface area contributed by atoms with E-state index in [1.807, 2.05) is 6.92 Å². The van der Waals surface area contributed by atoms with E-state index >= 15 is 0 Å². The summed E-state index contributed by atoms with van der Waals surface area (Å²) in [7, 11) is 0. The second-order valence-corrected chi connectivity index (χ2v) is 5.88. The van der Waals surface area contributed by atoms with Gasteiger partial charge in [0, 0.05) is 13.1 Å². The molecule has 16 heavy (non-hydrogen) atoms. The molecule has 0 bridgehead atoms. The second kappa shape index (κ2) is 4.17. The van der Waals surface area contributed by atoms with Crippen LogP contribution in [0.25, 0.3) is 0 Å². The van der Waals surface area contributed by atoms with Crippen molar-refractivity contribution in [1.29, 1.82) is 0 Å². The van der Waals surface area contributed by atoms with Crippen molar-refractivity contribution < 1.29 is 0 Å². The van der Waals surface area contributed by atoms with Gasteiger partial charge in [-0.2, -0.15) is 5.10 Å². The minimum atomic E-state index is 0.317. The highest BCUT2D eigenvalue weighted by atomic mass is 15.4. The minimum absolute atomic E-state index is 0.317. The maximum atomic E-state index is 4.52. The third-order valence-corrected chi connectivity index (χ3v) is 2.86. The van der Waals surface area contributed by atoms with Crippen LogP contribution in [-0.2, 0) is 6.54 Å². The van der Waals surface area contributed by atoms with Crippen LogP contribution in [0.2, 0.25) is 0 Å². The van der Waals surface area contributed by atoms with Gasteiger partial charge in [0.05, 0.1) is 6.04 Å². The molecule has 0 spiro atoms. The van der Waals surface area contributed by atoms with Gasteiger partial charge in [0.1, 0.15) is 11.6 Å². The summed E-state index contributed by atoms with van der Waals surface area (Å²) in [6.45, 7) is 10.7. The Labute approximate surface area is 97.5 Å². The maximum Gasteiger partial charge on any atom is 0.147 e. The van der Waals surface area contributed by atoms with E-state index in [4.69, 9.17) is 0 Å². The van der Waals surface area contributed by atoms with E-state index in [-0.39, 0.29) is 0 Å². The lowest BCUT2D eigenvalue weighted by atomic mass is 9.95. The van der Waals surface area contributed by atoms with Gasteiger partial charge in [0.2, 0.25) is 0 Å². The van der Waals surface area contributed by atoms with E-state index in [9.17, 15) is 0 Å². The Balaban J connectivity index is 2.07. The Bertz CT molecular complexity index is 362. The molecule has 0 aromatic carbocycles. The highest BCUT2D eigenvalue weighted by Crippen LogP contribution is 2.24. The van der Waals surface area contributed by atoms with Crippen LogP contribution in [0.4, 0.5) is 0 Å². The highest BCUT2D eigenvalue weighted by Gasteiger charge is 2.24. The Kier molecular flexibility index (Phi) is 3.02. The molecule has 90 valence electrons. The first-order valence-corrected chi connectivity index (χ1v) is 6.10. The maximum absolute atomic E-state index is 4.52. The molecule has 1 unspecified atom stereocenters. The molecule has 0 fully saturated rings. The zero-order chi connectivity index (χ0) is 11.8. The van der Waals surface area contributed by atoms with Crippen LogP contribution in [0.15, 0.2) is 0 Å². The van der Waals surface area contributed by atoms with Crippen LogP contribution in [0.3, 0.4) is 0 Å². The molecule has 1 aromatic rings. The molecule has 4 heteroatoms. The molecule has 4 nitrogen and oxygen atoms in total. The number of aromatic nitrogens is 3. The minimum Gasteiger partial charge on any atom is -0.307 e. The van der Waals surface area contributed by atoms with Crippen molar-refractivity contribution >= 4 is 0 Å². The number of nitrogens with one attached hydrogen (secondary N) is 1. The predicted molar refractivity (Wildman–Crippen MR) is 64.2 cm³/mol. The van der Waals surface area contributed by atoms with Gasteiger partial charge < -0.3 is 5.32 Å². The molecule has 0 aliphatic carbocycles. The van der Waals surface area contributed by atoms with Gasteiger partial charge in [-0.15, -0.1) is 0 Å². The summed E-state index contributed by atoms with van der Waals surface area (Å²) in [5.41, 5.74) is 0.317. The highest BCUT2D eigenvalue weighted by molar-refractivity contribution is 5.01. The Morgan fingerprint density at radius 3 is 2.88 bits per heavy atom. The van der Waals surface area contributed by atoms with Crippen LogP contribution in [0.1, 0.15) is 51.3 Å². The first-order chi connectivity index (χ1) is 7.46. The molecule has 0 saturated heterocycles. The second-order valence-electron chi connectivity index (χ2n) is 5.88. The summed E-state index contributed by atoms with van der Waals surface area (Å²) >= 11 is 0. The Morgan fingerprint density at radius 1 is 1.44 bits per heavy atom. The van der Waals surface area contributed by atoms with Gasteiger partial charge in [-0.1, -0.05) is 20.8 Å². The molecule has 2 heterocycles. The van der Waals surface area contributed by atoms with Crippen LogP contribution < -0.4 is 5.32 Å². The third-order valence-electron chi connectivity index (χ3n) is 2.86. The zero-order valence-electron chi connectivity index (χ0n) is 10.7. The number of hydrogen-bond acceptors (Lipinski definition) is 3. The first-order valence-electron chi connectivity index (χ1n) is 6.10. The number of nitrogens with zero attached hydrogens (tertiary/aromatic N) is 3. The topological polar surface area (TPSA) is 42.7 Å². The summed E-state index contributed by atoms with van der Waals surface area (Å²) in [5, 5.41) is 8.02. The summed E-state index contributed by atoms with van der Waals surface area (Å²) < 4.78 is 2.05. The molecule has 1 atom stereocenters. The number of aryl methyl sites for hydroxylation is 2. The number of rotatable bonds is 2. The van der Waals surface area contributed by atoms with Crippen molar-refractivity contribution in [2.45, 2.75) is 53.1 Å². The molecular weight excluding hydrogens is 200 g/mol. The summed E-state index contributed by atoms with van der Waals surface area (Å²) in [6.07, 6.45) is 2.37. The van der Waals surface area contributed by atoms with Crippen molar-refractivity contribution in [3.63, 3.8) is 0 Å². The van der Waals surface area contributed by atoms with Gasteiger partial charge in [0.25, 0.3) is 0 Å². The molecule has 1 aromatic heterocycles. The molecule has 0 saturated carbocycles. The van der Waals surface area contributed by atoms with Gasteiger partial charge >= 0.3 is 0 Å². The fourth-order valence-corrected chi connectivity index (χ4v) is 2.09. The van der Waals surface area contributed by atoms with Gasteiger partial charge in [-0.05, 0) is 25.2 Å². The summed E-state index contributed by atoms with van der Waals surface area (Å²) in [4.78, 5) is 4.52. The summed E-state index contributed by atoms with van der Waals surface area (Å²) in [6, 6.07) is 0.383. The Hall–Kier alpha value is -0.900. The normalized spacial score (nSPS) is 20.9. The molecule has 2 rings (SSSR count). The van der Waals surface area contributed by atoms with Crippen molar-refractivity contribution in [2.75, 3.05) is 6.54 Å². The van der Waals surface area contributed by atoms with Crippen molar-refractivity contribution in [2.24, 2.45) is 5.41 Å². The van der Waals surface area contributed by atoms with E-state index < -0.39 is 0 Å². The standard InChI is InChI=1S/C12H22N4/c1-9-14-11-10(13-8-12(2,3)4)6-5-7-16(11)15-9/h10,13H,5-8H2,1-4H3. The monoisotopic (exact) mass is 222 g/mol. The van der Waals surface area contributed by atoms with Crippen molar-refractivity contribution in [3.8, 4) is 0 Å². The van der Waals surface area contributed by atoms with Gasteiger partial charge in [-0.25, -0.2) is 9.67 Å². The van der Waals surface area contributed by atoms with Crippen LogP contribution in [0, 0.1) is 12.3 Å². The molecular formula is C12H22N4. The first kappa shape index (κ1) is 11.6. The fraction of sp³-hybridized carbons (Fsp3) is 0.833. The molecule has 1 aliphatic rings. The van der Waals surface area contributed by atoms with E-state index in [2.05, 4.69) is 40.9 Å². The predicted octanol–water partition coefficient (Wildman–Crippen LogP) is 2.06. The van der Waals surface area contributed by atoms with Crippen LogP contribution in [0.5, 0.6) is 0 Å². The van der Waals surface area contributed by atoms with E-state index in [1.54, 1.807) is 0 Å². The average molecular weight is 222 g/mol. The van der Waals surface area contributed by atoms with E-state index in [1.165, 1.54) is 12.8 Å². The third kappa shape index (κ3) is 2.61. The van der Waals surface area contributed by atoms with Crippen molar-refractivity contribution in [1.82, 2.24) is 20.1 Å². The largest absolute Gasteiger partial charge is 0.307 e. The van der Waals surface area contributed by atoms with Gasteiger partial charge in [0.15, 0.2) is 0 Å². The lowest BCUT2D eigenvalue weighted by Crippen LogP contribution is -2.34. The smallest absolute Gasteiger partial charge is 0.147 e. The molecule has 0 amide bonds. The lowest BCUT2D eigenvalue weighted by Gasteiger charge is -2.27. The fourth-order valence-electron chi connectivity index (χ4n) is 2.09. The lowest BCUT2D eigenvalue weighted by molar-refractivity contribution is 0.307. The van der Waals surface area contributed by atoms with Gasteiger partial charge in [-0.3, -0.25) is 0 Å². The van der Waals surface area contributed by atoms with E-state index in [0.717, 1.165) is 24.7 Å². The summed E-state index contributed by atoms with van der Waals surface area (Å²) in [5.74, 6) is 2.01. The number of hydrogen-bond donors (Lipinski definition) is 1. The quantitative estimate of drug-likeness (QED) is 0.833. The van der Waals surface area contributed by atoms with Crippen LogP contribution >= 0.6 is 0 Å². The van der Waals surface area contributed by atoms with Crippen LogP contribution in [-0.4, -0.2) is 21.3 Å².